The molecule has 4 nitrogen and oxygen atoms in total. The lowest BCUT2D eigenvalue weighted by atomic mass is 9.82. The highest BCUT2D eigenvalue weighted by Gasteiger charge is 2.45. The van der Waals surface area contributed by atoms with Gasteiger partial charge in [0.2, 0.25) is 5.91 Å². The van der Waals surface area contributed by atoms with E-state index in [0.29, 0.717) is 0 Å². The number of aromatic nitrogens is 1. The van der Waals surface area contributed by atoms with Crippen molar-refractivity contribution in [3.63, 3.8) is 0 Å². The van der Waals surface area contributed by atoms with Gasteiger partial charge in [-0.2, -0.15) is 0 Å². The van der Waals surface area contributed by atoms with Crippen molar-refractivity contribution in [3.8, 4) is 0 Å². The number of carbonyl (C=O) groups is 1. The molecule has 0 bridgehead atoms. The molecule has 120 valence electrons. The van der Waals surface area contributed by atoms with Gasteiger partial charge in [-0.05, 0) is 42.4 Å². The van der Waals surface area contributed by atoms with Crippen molar-refractivity contribution >= 4 is 11.7 Å². The zero-order valence-electron chi connectivity index (χ0n) is 14.0. The second kappa shape index (κ2) is 5.56. The van der Waals surface area contributed by atoms with Crippen LogP contribution in [0.1, 0.15) is 52.0 Å². The number of nitrogens with one attached hydrogen (secondary N) is 1. The Hall–Kier alpha value is -1.58. The summed E-state index contributed by atoms with van der Waals surface area (Å²) in [6, 6.07) is 4.28. The molecule has 3 rings (SSSR count). The fraction of sp³-hybridized carbons (Fsp3) is 0.667. The van der Waals surface area contributed by atoms with Crippen LogP contribution in [-0.2, 0) is 10.2 Å². The topological polar surface area (TPSA) is 45.2 Å². The first-order chi connectivity index (χ1) is 10.4. The fourth-order valence-electron chi connectivity index (χ4n) is 3.61. The predicted octanol–water partition coefficient (Wildman–Crippen LogP) is 2.88. The van der Waals surface area contributed by atoms with Crippen LogP contribution in [-0.4, -0.2) is 30.5 Å². The molecule has 0 radical (unpaired) electrons. The molecule has 3 heterocycles. The van der Waals surface area contributed by atoms with Crippen molar-refractivity contribution < 1.29 is 4.79 Å². The van der Waals surface area contributed by atoms with Crippen LogP contribution >= 0.6 is 0 Å². The number of carbonyl (C=O) groups excluding carboxylic acids is 1. The largest absolute Gasteiger partial charge is 0.356 e. The molecule has 1 N–H and O–H groups in total. The minimum absolute atomic E-state index is 0.120. The van der Waals surface area contributed by atoms with Crippen LogP contribution in [0.4, 0.5) is 5.82 Å². The third kappa shape index (κ3) is 2.83. The molecule has 2 aliphatic heterocycles. The van der Waals surface area contributed by atoms with Gasteiger partial charge in [-0.15, -0.1) is 0 Å². The second-order valence-electron chi connectivity index (χ2n) is 7.82. The summed E-state index contributed by atoms with van der Waals surface area (Å²) in [6.45, 7) is 9.22. The molecule has 1 unspecified atom stereocenters. The Morgan fingerprint density at radius 2 is 2.09 bits per heavy atom. The Morgan fingerprint density at radius 3 is 2.86 bits per heavy atom. The summed E-state index contributed by atoms with van der Waals surface area (Å²) in [7, 11) is 0. The summed E-state index contributed by atoms with van der Waals surface area (Å²) in [5, 5.41) is 3.10. The van der Waals surface area contributed by atoms with Crippen LogP contribution in [0.5, 0.6) is 0 Å². The van der Waals surface area contributed by atoms with E-state index in [1.165, 1.54) is 5.56 Å². The zero-order valence-corrected chi connectivity index (χ0v) is 14.0. The summed E-state index contributed by atoms with van der Waals surface area (Å²) in [5.41, 5.74) is 1.22. The number of hydrogen-bond acceptors (Lipinski definition) is 3. The molecule has 2 saturated heterocycles. The molecule has 2 aliphatic rings. The molecule has 0 saturated carbocycles. The van der Waals surface area contributed by atoms with E-state index in [1.807, 2.05) is 6.20 Å². The summed E-state index contributed by atoms with van der Waals surface area (Å²) in [4.78, 5) is 19.3. The van der Waals surface area contributed by atoms with Gasteiger partial charge in [-0.1, -0.05) is 27.2 Å². The van der Waals surface area contributed by atoms with Crippen LogP contribution in [0.25, 0.3) is 0 Å². The minimum Gasteiger partial charge on any atom is -0.356 e. The molecule has 1 amide bonds. The van der Waals surface area contributed by atoms with Gasteiger partial charge in [0.15, 0.2) is 0 Å². The third-order valence-corrected chi connectivity index (χ3v) is 5.14. The van der Waals surface area contributed by atoms with Gasteiger partial charge in [-0.3, -0.25) is 4.79 Å². The van der Waals surface area contributed by atoms with Crippen molar-refractivity contribution in [2.45, 2.75) is 51.9 Å². The summed E-state index contributed by atoms with van der Waals surface area (Å²) in [5.74, 6) is 1.26. The Balaban J connectivity index is 1.82. The van der Waals surface area contributed by atoms with E-state index in [4.69, 9.17) is 0 Å². The normalized spacial score (nSPS) is 26.1. The first-order valence-corrected chi connectivity index (χ1v) is 8.41. The summed E-state index contributed by atoms with van der Waals surface area (Å²) in [6.07, 6.45) is 6.09. The molecule has 1 atom stereocenters. The van der Waals surface area contributed by atoms with Gasteiger partial charge in [0, 0.05) is 25.8 Å². The number of nitrogens with zero attached hydrogens (tertiary/aromatic N) is 2. The highest BCUT2D eigenvalue weighted by Crippen LogP contribution is 2.39. The molecular formula is C18H27N3O. The Kier molecular flexibility index (Phi) is 3.87. The number of anilines is 1. The highest BCUT2D eigenvalue weighted by atomic mass is 16.2. The second-order valence-corrected chi connectivity index (χ2v) is 7.82. The zero-order chi connectivity index (χ0) is 15.8. The number of rotatable bonds is 1. The standard InChI is InChI=1S/C18H27N3O/c1-17(2,3)14-6-10-19-15(12-14)21-11-8-18(13-21)7-4-5-9-20-16(18)22/h6,10,12H,4-5,7-9,11,13H2,1-3H3,(H,20,22). The van der Waals surface area contributed by atoms with Crippen molar-refractivity contribution in [2.75, 3.05) is 24.5 Å². The van der Waals surface area contributed by atoms with E-state index in [2.05, 4.69) is 48.1 Å². The van der Waals surface area contributed by atoms with E-state index in [9.17, 15) is 4.79 Å². The Bertz CT molecular complexity index is 564. The van der Waals surface area contributed by atoms with Gasteiger partial charge in [0.1, 0.15) is 5.82 Å². The first kappa shape index (κ1) is 15.3. The molecule has 2 fully saturated rings. The van der Waals surface area contributed by atoms with E-state index >= 15 is 0 Å². The van der Waals surface area contributed by atoms with E-state index < -0.39 is 0 Å². The van der Waals surface area contributed by atoms with Crippen LogP contribution in [0.15, 0.2) is 18.3 Å². The molecule has 0 aliphatic carbocycles. The predicted molar refractivity (Wildman–Crippen MR) is 89.1 cm³/mol. The number of amides is 1. The highest BCUT2D eigenvalue weighted by molar-refractivity contribution is 5.84. The molecule has 1 spiro atoms. The summed E-state index contributed by atoms with van der Waals surface area (Å²) >= 11 is 0. The average molecular weight is 301 g/mol. The Labute approximate surface area is 133 Å². The van der Waals surface area contributed by atoms with Crippen molar-refractivity contribution in [1.82, 2.24) is 10.3 Å². The SMILES string of the molecule is CC(C)(C)c1ccnc(N2CCC3(CCCCNC3=O)C2)c1. The molecule has 1 aromatic rings. The van der Waals surface area contributed by atoms with Crippen LogP contribution in [0, 0.1) is 5.41 Å². The van der Waals surface area contributed by atoms with Gasteiger partial charge in [0.05, 0.1) is 5.41 Å². The molecule has 1 aromatic heterocycles. The molecule has 0 aromatic carbocycles. The Morgan fingerprint density at radius 1 is 1.27 bits per heavy atom. The maximum Gasteiger partial charge on any atom is 0.228 e. The maximum absolute atomic E-state index is 12.5. The van der Waals surface area contributed by atoms with Crippen LogP contribution < -0.4 is 10.2 Å². The van der Waals surface area contributed by atoms with Gasteiger partial charge in [-0.25, -0.2) is 4.98 Å². The number of hydrogen-bond donors (Lipinski definition) is 1. The molecule has 22 heavy (non-hydrogen) atoms. The average Bonchev–Trinajstić information content (AvgIpc) is 2.83. The van der Waals surface area contributed by atoms with Crippen LogP contribution in [0.2, 0.25) is 0 Å². The lowest BCUT2D eigenvalue weighted by Gasteiger charge is -2.27. The first-order valence-electron chi connectivity index (χ1n) is 8.41. The fourth-order valence-corrected chi connectivity index (χ4v) is 3.61. The minimum atomic E-state index is -0.198. The lowest BCUT2D eigenvalue weighted by molar-refractivity contribution is -0.129. The van der Waals surface area contributed by atoms with Crippen molar-refractivity contribution in [3.05, 3.63) is 23.9 Å². The van der Waals surface area contributed by atoms with Gasteiger partial charge >= 0.3 is 0 Å². The molecular weight excluding hydrogens is 274 g/mol. The van der Waals surface area contributed by atoms with E-state index in [0.717, 1.165) is 51.1 Å². The maximum atomic E-state index is 12.5. The van der Waals surface area contributed by atoms with E-state index in [1.54, 1.807) is 0 Å². The quantitative estimate of drug-likeness (QED) is 0.867. The smallest absolute Gasteiger partial charge is 0.228 e. The van der Waals surface area contributed by atoms with Gasteiger partial charge in [0.25, 0.3) is 0 Å². The van der Waals surface area contributed by atoms with Crippen molar-refractivity contribution in [2.24, 2.45) is 5.41 Å². The van der Waals surface area contributed by atoms with E-state index in [-0.39, 0.29) is 16.7 Å². The summed E-state index contributed by atoms with van der Waals surface area (Å²) < 4.78 is 0. The monoisotopic (exact) mass is 301 g/mol. The molecule has 4 heteroatoms. The van der Waals surface area contributed by atoms with Crippen LogP contribution in [0.3, 0.4) is 0 Å². The van der Waals surface area contributed by atoms with Crippen molar-refractivity contribution in [1.29, 1.82) is 0 Å². The van der Waals surface area contributed by atoms with Gasteiger partial charge < -0.3 is 10.2 Å². The third-order valence-electron chi connectivity index (χ3n) is 5.14. The lowest BCUT2D eigenvalue weighted by Crippen LogP contribution is -2.41. The number of pyridine rings is 1.